The van der Waals surface area contributed by atoms with Crippen molar-refractivity contribution in [2.75, 3.05) is 35.8 Å². The number of benzene rings is 2. The van der Waals surface area contributed by atoms with Crippen LogP contribution >= 0.6 is 11.8 Å². The molecule has 154 valence electrons. The van der Waals surface area contributed by atoms with E-state index in [0.29, 0.717) is 12.8 Å². The van der Waals surface area contributed by atoms with Gasteiger partial charge in [-0.3, -0.25) is 14.5 Å². The highest BCUT2D eigenvalue weighted by Gasteiger charge is 2.29. The molecule has 0 saturated heterocycles. The molecule has 2 aromatic carbocycles. The summed E-state index contributed by atoms with van der Waals surface area (Å²) in [4.78, 5) is 33.0. The second kappa shape index (κ2) is 8.91. The minimum Gasteiger partial charge on any atom is -0.378 e. The van der Waals surface area contributed by atoms with Crippen molar-refractivity contribution in [1.82, 2.24) is 0 Å². The number of anilines is 4. The zero-order valence-corrected chi connectivity index (χ0v) is 18.7. The standard InChI is InChI=1S/C23H29N3O2S/c1-6-8-22(27)25(5)17-11-13-19-21(15-17)29-20-14-16(24(3)4)10-12-18(20)26(19)23(28)9-7-2/h10-15H,6-9H2,1-5H3. The Balaban J connectivity index is 2.06. The Labute approximate surface area is 177 Å². The molecule has 0 unspecified atom stereocenters. The molecule has 0 atom stereocenters. The molecule has 5 nitrogen and oxygen atoms in total. The SMILES string of the molecule is CCCC(=O)N(C)c1ccc2c(c1)Sc1cc(N(C)C)ccc1N2C(=O)CCC. The largest absolute Gasteiger partial charge is 0.378 e. The Morgan fingerprint density at radius 1 is 0.862 bits per heavy atom. The van der Waals surface area contributed by atoms with Crippen molar-refractivity contribution < 1.29 is 9.59 Å². The number of amides is 2. The fourth-order valence-electron chi connectivity index (χ4n) is 3.39. The molecule has 1 aliphatic rings. The summed E-state index contributed by atoms with van der Waals surface area (Å²) in [5.74, 6) is 0.193. The van der Waals surface area contributed by atoms with Crippen LogP contribution in [0.15, 0.2) is 46.2 Å². The zero-order chi connectivity index (χ0) is 21.1. The highest BCUT2D eigenvalue weighted by Crippen LogP contribution is 2.50. The van der Waals surface area contributed by atoms with E-state index in [0.717, 1.165) is 45.4 Å². The summed E-state index contributed by atoms with van der Waals surface area (Å²) >= 11 is 1.65. The van der Waals surface area contributed by atoms with Crippen LogP contribution in [0.25, 0.3) is 0 Å². The van der Waals surface area contributed by atoms with E-state index in [1.807, 2.05) is 70.2 Å². The summed E-state index contributed by atoms with van der Waals surface area (Å²) in [5.41, 5.74) is 3.76. The van der Waals surface area contributed by atoms with Gasteiger partial charge in [-0.15, -0.1) is 0 Å². The first-order valence-corrected chi connectivity index (χ1v) is 10.9. The van der Waals surface area contributed by atoms with Gasteiger partial charge < -0.3 is 9.80 Å². The average molecular weight is 412 g/mol. The predicted molar refractivity (Wildman–Crippen MR) is 122 cm³/mol. The highest BCUT2D eigenvalue weighted by molar-refractivity contribution is 7.99. The Morgan fingerprint density at radius 3 is 1.97 bits per heavy atom. The molecular weight excluding hydrogens is 382 g/mol. The number of nitrogens with zero attached hydrogens (tertiary/aromatic N) is 3. The van der Waals surface area contributed by atoms with Gasteiger partial charge in [-0.1, -0.05) is 25.6 Å². The maximum absolute atomic E-state index is 13.0. The molecular formula is C23H29N3O2S. The molecule has 6 heteroatoms. The molecule has 29 heavy (non-hydrogen) atoms. The third-order valence-corrected chi connectivity index (χ3v) is 6.14. The minimum absolute atomic E-state index is 0.0936. The molecule has 0 fully saturated rings. The van der Waals surface area contributed by atoms with Crippen molar-refractivity contribution in [2.24, 2.45) is 0 Å². The molecule has 0 aliphatic carbocycles. The number of hydrogen-bond acceptors (Lipinski definition) is 4. The minimum atomic E-state index is 0.0936. The molecule has 3 rings (SSSR count). The molecule has 0 N–H and O–H groups in total. The number of rotatable bonds is 6. The van der Waals surface area contributed by atoms with Crippen LogP contribution in [0.3, 0.4) is 0 Å². The van der Waals surface area contributed by atoms with Crippen molar-refractivity contribution in [3.8, 4) is 0 Å². The highest BCUT2D eigenvalue weighted by atomic mass is 32.2. The van der Waals surface area contributed by atoms with Gasteiger partial charge in [0, 0.05) is 55.2 Å². The summed E-state index contributed by atoms with van der Waals surface area (Å²) in [7, 11) is 5.83. The van der Waals surface area contributed by atoms with E-state index in [1.54, 1.807) is 16.7 Å². The van der Waals surface area contributed by atoms with Gasteiger partial charge in [0.25, 0.3) is 0 Å². The summed E-state index contributed by atoms with van der Waals surface area (Å²) < 4.78 is 0. The lowest BCUT2D eigenvalue weighted by Gasteiger charge is -2.32. The number of carbonyl (C=O) groups is 2. The lowest BCUT2D eigenvalue weighted by Crippen LogP contribution is -2.29. The van der Waals surface area contributed by atoms with Crippen LogP contribution in [-0.4, -0.2) is 33.0 Å². The van der Waals surface area contributed by atoms with Gasteiger partial charge >= 0.3 is 0 Å². The Hall–Kier alpha value is -2.47. The number of carbonyl (C=O) groups excluding carboxylic acids is 2. The topological polar surface area (TPSA) is 43.9 Å². The van der Waals surface area contributed by atoms with Crippen LogP contribution < -0.4 is 14.7 Å². The fraction of sp³-hybridized carbons (Fsp3) is 0.391. The van der Waals surface area contributed by atoms with Crippen molar-refractivity contribution in [2.45, 2.75) is 49.3 Å². The third-order valence-electron chi connectivity index (χ3n) is 5.04. The number of fused-ring (bicyclic) bond motifs is 2. The molecule has 0 bridgehead atoms. The van der Waals surface area contributed by atoms with Gasteiger partial charge in [0.05, 0.1) is 11.4 Å². The smallest absolute Gasteiger partial charge is 0.231 e. The van der Waals surface area contributed by atoms with E-state index in [9.17, 15) is 9.59 Å². The summed E-state index contributed by atoms with van der Waals surface area (Å²) in [6, 6.07) is 12.1. The molecule has 0 spiro atoms. The van der Waals surface area contributed by atoms with E-state index < -0.39 is 0 Å². The Morgan fingerprint density at radius 2 is 1.41 bits per heavy atom. The Bertz CT molecular complexity index is 926. The van der Waals surface area contributed by atoms with Crippen molar-refractivity contribution in [1.29, 1.82) is 0 Å². The van der Waals surface area contributed by atoms with E-state index in [-0.39, 0.29) is 11.8 Å². The van der Waals surface area contributed by atoms with E-state index in [4.69, 9.17) is 0 Å². The van der Waals surface area contributed by atoms with Crippen LogP contribution in [-0.2, 0) is 9.59 Å². The van der Waals surface area contributed by atoms with Crippen molar-refractivity contribution in [3.05, 3.63) is 36.4 Å². The van der Waals surface area contributed by atoms with Crippen molar-refractivity contribution in [3.63, 3.8) is 0 Å². The molecule has 1 heterocycles. The zero-order valence-electron chi connectivity index (χ0n) is 17.9. The molecule has 2 aromatic rings. The first kappa shape index (κ1) is 21.2. The van der Waals surface area contributed by atoms with Gasteiger partial charge in [-0.25, -0.2) is 0 Å². The lowest BCUT2D eigenvalue weighted by atomic mass is 10.1. The summed E-state index contributed by atoms with van der Waals surface area (Å²) in [5, 5.41) is 0. The molecule has 0 aromatic heterocycles. The van der Waals surface area contributed by atoms with Crippen molar-refractivity contribution >= 4 is 46.3 Å². The molecule has 0 saturated carbocycles. The first-order valence-electron chi connectivity index (χ1n) is 10.1. The fourth-order valence-corrected chi connectivity index (χ4v) is 4.52. The van der Waals surface area contributed by atoms with Gasteiger partial charge in [0.1, 0.15) is 0 Å². The van der Waals surface area contributed by atoms with E-state index in [2.05, 4.69) is 11.0 Å². The van der Waals surface area contributed by atoms with Gasteiger partial charge in [-0.05, 0) is 49.2 Å². The molecule has 2 amide bonds. The first-order chi connectivity index (χ1) is 13.9. The van der Waals surface area contributed by atoms with E-state index >= 15 is 0 Å². The van der Waals surface area contributed by atoms with Crippen LogP contribution in [0, 0.1) is 0 Å². The Kier molecular flexibility index (Phi) is 6.52. The molecule has 0 radical (unpaired) electrons. The van der Waals surface area contributed by atoms with Gasteiger partial charge in [-0.2, -0.15) is 0 Å². The lowest BCUT2D eigenvalue weighted by molar-refractivity contribution is -0.119. The maximum atomic E-state index is 13.0. The predicted octanol–water partition coefficient (Wildman–Crippen LogP) is 5.44. The average Bonchev–Trinajstić information content (AvgIpc) is 2.70. The van der Waals surface area contributed by atoms with E-state index in [1.165, 1.54) is 0 Å². The van der Waals surface area contributed by atoms with Crippen LogP contribution in [0.5, 0.6) is 0 Å². The normalized spacial score (nSPS) is 12.2. The quantitative estimate of drug-likeness (QED) is 0.634. The second-order valence-electron chi connectivity index (χ2n) is 7.48. The molecule has 1 aliphatic heterocycles. The number of hydrogen-bond donors (Lipinski definition) is 0. The third kappa shape index (κ3) is 4.27. The summed E-state index contributed by atoms with van der Waals surface area (Å²) in [6.07, 6.45) is 2.64. The van der Waals surface area contributed by atoms with Crippen LogP contribution in [0.1, 0.15) is 39.5 Å². The maximum Gasteiger partial charge on any atom is 0.231 e. The van der Waals surface area contributed by atoms with Gasteiger partial charge in [0.2, 0.25) is 11.8 Å². The van der Waals surface area contributed by atoms with Gasteiger partial charge in [0.15, 0.2) is 0 Å². The van der Waals surface area contributed by atoms with Crippen LogP contribution in [0.4, 0.5) is 22.7 Å². The summed E-state index contributed by atoms with van der Waals surface area (Å²) in [6.45, 7) is 4.02. The monoisotopic (exact) mass is 411 g/mol. The second-order valence-corrected chi connectivity index (χ2v) is 8.57. The van der Waals surface area contributed by atoms with Crippen LogP contribution in [0.2, 0.25) is 0 Å².